The lowest BCUT2D eigenvalue weighted by molar-refractivity contribution is -0.111. The summed E-state index contributed by atoms with van der Waals surface area (Å²) in [7, 11) is 0. The molecule has 0 radical (unpaired) electrons. The zero-order chi connectivity index (χ0) is 9.14. The molecule has 3 atom stereocenters. The van der Waals surface area contributed by atoms with Crippen LogP contribution in [0.15, 0.2) is 0 Å². The van der Waals surface area contributed by atoms with Crippen LogP contribution in [-0.2, 0) is 4.74 Å². The SMILES string of the molecule is CC(C)[C@@H](O)[C@@H]1CCC[C@@H](C)O1. The van der Waals surface area contributed by atoms with Gasteiger partial charge in [-0.3, -0.25) is 0 Å². The maximum atomic E-state index is 9.74. The third-order valence-corrected chi connectivity index (χ3v) is 2.57. The summed E-state index contributed by atoms with van der Waals surface area (Å²) in [5.74, 6) is 0.306. The summed E-state index contributed by atoms with van der Waals surface area (Å²) in [6.07, 6.45) is 3.47. The first-order valence-electron chi connectivity index (χ1n) is 4.94. The van der Waals surface area contributed by atoms with Crippen LogP contribution in [0.5, 0.6) is 0 Å². The van der Waals surface area contributed by atoms with Crippen LogP contribution in [0.1, 0.15) is 40.0 Å². The zero-order valence-corrected chi connectivity index (χ0v) is 8.29. The molecule has 1 rings (SSSR count). The first kappa shape index (κ1) is 10.0. The lowest BCUT2D eigenvalue weighted by Gasteiger charge is -2.32. The van der Waals surface area contributed by atoms with Gasteiger partial charge >= 0.3 is 0 Å². The largest absolute Gasteiger partial charge is 0.390 e. The van der Waals surface area contributed by atoms with Crippen LogP contribution in [0.25, 0.3) is 0 Å². The van der Waals surface area contributed by atoms with E-state index in [1.54, 1.807) is 0 Å². The van der Waals surface area contributed by atoms with Gasteiger partial charge in [0.15, 0.2) is 0 Å². The van der Waals surface area contributed by atoms with Crippen molar-refractivity contribution in [3.05, 3.63) is 0 Å². The number of aliphatic hydroxyl groups excluding tert-OH is 1. The van der Waals surface area contributed by atoms with Crippen molar-refractivity contribution in [1.82, 2.24) is 0 Å². The van der Waals surface area contributed by atoms with Crippen LogP contribution in [-0.4, -0.2) is 23.4 Å². The molecule has 2 heteroatoms. The second-order valence-electron chi connectivity index (χ2n) is 4.15. The third-order valence-electron chi connectivity index (χ3n) is 2.57. The average Bonchev–Trinajstić information content (AvgIpc) is 2.03. The Kier molecular flexibility index (Phi) is 3.53. The molecule has 1 fully saturated rings. The van der Waals surface area contributed by atoms with E-state index in [9.17, 15) is 5.11 Å². The van der Waals surface area contributed by atoms with Gasteiger partial charge in [-0.05, 0) is 32.1 Å². The van der Waals surface area contributed by atoms with Gasteiger partial charge in [0.2, 0.25) is 0 Å². The number of hydrogen-bond acceptors (Lipinski definition) is 2. The molecule has 0 bridgehead atoms. The van der Waals surface area contributed by atoms with Crippen molar-refractivity contribution in [3.63, 3.8) is 0 Å². The second-order valence-corrected chi connectivity index (χ2v) is 4.15. The Morgan fingerprint density at radius 3 is 2.50 bits per heavy atom. The quantitative estimate of drug-likeness (QED) is 0.690. The molecule has 1 saturated heterocycles. The van der Waals surface area contributed by atoms with Crippen LogP contribution in [0.4, 0.5) is 0 Å². The molecule has 0 aliphatic carbocycles. The Labute approximate surface area is 74.9 Å². The molecule has 1 aliphatic rings. The zero-order valence-electron chi connectivity index (χ0n) is 8.29. The average molecular weight is 172 g/mol. The summed E-state index contributed by atoms with van der Waals surface area (Å²) in [4.78, 5) is 0. The van der Waals surface area contributed by atoms with Gasteiger partial charge in [0, 0.05) is 0 Å². The molecule has 0 saturated carbocycles. The summed E-state index contributed by atoms with van der Waals surface area (Å²) >= 11 is 0. The monoisotopic (exact) mass is 172 g/mol. The van der Waals surface area contributed by atoms with E-state index < -0.39 is 0 Å². The standard InChI is InChI=1S/C10H20O2/c1-7(2)10(11)9-6-4-5-8(3)12-9/h7-11H,4-6H2,1-3H3/t8-,9+,10-/m1/s1. The topological polar surface area (TPSA) is 29.5 Å². The number of aliphatic hydroxyl groups is 1. The van der Waals surface area contributed by atoms with Gasteiger partial charge in [0.05, 0.1) is 18.3 Å². The van der Waals surface area contributed by atoms with Crippen LogP contribution in [0.3, 0.4) is 0 Å². The van der Waals surface area contributed by atoms with Crippen molar-refractivity contribution in [2.75, 3.05) is 0 Å². The van der Waals surface area contributed by atoms with E-state index in [2.05, 4.69) is 6.92 Å². The Bertz CT molecular complexity index is 134. The molecule has 72 valence electrons. The van der Waals surface area contributed by atoms with Gasteiger partial charge in [-0.2, -0.15) is 0 Å². The van der Waals surface area contributed by atoms with Gasteiger partial charge in [0.25, 0.3) is 0 Å². The molecule has 1 N–H and O–H groups in total. The van der Waals surface area contributed by atoms with E-state index in [0.717, 1.165) is 12.8 Å². The van der Waals surface area contributed by atoms with E-state index >= 15 is 0 Å². The molecule has 0 spiro atoms. The number of rotatable bonds is 2. The van der Waals surface area contributed by atoms with Crippen molar-refractivity contribution >= 4 is 0 Å². The predicted octanol–water partition coefficient (Wildman–Crippen LogP) is 1.96. The van der Waals surface area contributed by atoms with Gasteiger partial charge in [-0.1, -0.05) is 13.8 Å². The van der Waals surface area contributed by atoms with Crippen molar-refractivity contribution in [1.29, 1.82) is 0 Å². The lowest BCUT2D eigenvalue weighted by atomic mass is 9.95. The normalized spacial score (nSPS) is 33.8. The predicted molar refractivity (Wildman–Crippen MR) is 49.0 cm³/mol. The van der Waals surface area contributed by atoms with E-state index in [1.807, 2.05) is 13.8 Å². The van der Waals surface area contributed by atoms with Crippen molar-refractivity contribution in [2.45, 2.75) is 58.3 Å². The van der Waals surface area contributed by atoms with Crippen LogP contribution >= 0.6 is 0 Å². The molecule has 12 heavy (non-hydrogen) atoms. The minimum absolute atomic E-state index is 0.0775. The van der Waals surface area contributed by atoms with Gasteiger partial charge in [-0.15, -0.1) is 0 Å². The van der Waals surface area contributed by atoms with E-state index in [1.165, 1.54) is 6.42 Å². The van der Waals surface area contributed by atoms with E-state index in [0.29, 0.717) is 12.0 Å². The third kappa shape index (κ3) is 2.46. The van der Waals surface area contributed by atoms with Gasteiger partial charge < -0.3 is 9.84 Å². The lowest BCUT2D eigenvalue weighted by Crippen LogP contribution is -2.38. The fourth-order valence-corrected chi connectivity index (χ4v) is 1.72. The van der Waals surface area contributed by atoms with Crippen molar-refractivity contribution in [3.8, 4) is 0 Å². The minimum atomic E-state index is -0.284. The maximum Gasteiger partial charge on any atom is 0.0840 e. The smallest absolute Gasteiger partial charge is 0.0840 e. The van der Waals surface area contributed by atoms with Crippen molar-refractivity contribution in [2.24, 2.45) is 5.92 Å². The number of ether oxygens (including phenoxy) is 1. The maximum absolute atomic E-state index is 9.74. The Morgan fingerprint density at radius 1 is 1.33 bits per heavy atom. The molecular weight excluding hydrogens is 152 g/mol. The van der Waals surface area contributed by atoms with Crippen LogP contribution in [0.2, 0.25) is 0 Å². The molecule has 0 amide bonds. The van der Waals surface area contributed by atoms with Crippen LogP contribution < -0.4 is 0 Å². The summed E-state index contributed by atoms with van der Waals surface area (Å²) < 4.78 is 5.66. The Morgan fingerprint density at radius 2 is 2.00 bits per heavy atom. The molecule has 0 aromatic rings. The Hall–Kier alpha value is -0.0800. The van der Waals surface area contributed by atoms with Crippen LogP contribution in [0, 0.1) is 5.92 Å². The fraction of sp³-hybridized carbons (Fsp3) is 1.00. The first-order valence-corrected chi connectivity index (χ1v) is 4.94. The minimum Gasteiger partial charge on any atom is -0.390 e. The molecule has 1 aliphatic heterocycles. The van der Waals surface area contributed by atoms with Gasteiger partial charge in [0.1, 0.15) is 0 Å². The summed E-state index contributed by atoms with van der Waals surface area (Å²) in [6, 6.07) is 0. The fourth-order valence-electron chi connectivity index (χ4n) is 1.72. The highest BCUT2D eigenvalue weighted by Gasteiger charge is 2.27. The highest BCUT2D eigenvalue weighted by molar-refractivity contribution is 4.76. The highest BCUT2D eigenvalue weighted by Crippen LogP contribution is 2.23. The molecule has 1 heterocycles. The van der Waals surface area contributed by atoms with E-state index in [4.69, 9.17) is 4.74 Å². The molecule has 0 aromatic carbocycles. The number of hydrogen-bond donors (Lipinski definition) is 1. The summed E-state index contributed by atoms with van der Waals surface area (Å²) in [5, 5.41) is 9.74. The molecule has 0 unspecified atom stereocenters. The molecule has 0 aromatic heterocycles. The molecule has 2 nitrogen and oxygen atoms in total. The molecular formula is C10H20O2. The first-order chi connectivity index (χ1) is 5.61. The van der Waals surface area contributed by atoms with E-state index in [-0.39, 0.29) is 12.2 Å². The second kappa shape index (κ2) is 4.24. The Balaban J connectivity index is 2.40. The van der Waals surface area contributed by atoms with Crippen molar-refractivity contribution < 1.29 is 9.84 Å². The summed E-state index contributed by atoms with van der Waals surface area (Å²) in [6.45, 7) is 6.15. The highest BCUT2D eigenvalue weighted by atomic mass is 16.5. The summed E-state index contributed by atoms with van der Waals surface area (Å²) in [5.41, 5.74) is 0. The van der Waals surface area contributed by atoms with Gasteiger partial charge in [-0.25, -0.2) is 0 Å².